The molecule has 0 radical (unpaired) electrons. The maximum atomic E-state index is 2.54. The van der Waals surface area contributed by atoms with Crippen LogP contribution in [0.2, 0.25) is 0 Å². The van der Waals surface area contributed by atoms with Crippen molar-refractivity contribution in [3.05, 3.63) is 22.4 Å². The van der Waals surface area contributed by atoms with Gasteiger partial charge in [-0.1, -0.05) is 6.07 Å². The summed E-state index contributed by atoms with van der Waals surface area (Å²) in [5.41, 5.74) is 0. The normalized spacial score (nSPS) is 11.9. The van der Waals surface area contributed by atoms with Crippen molar-refractivity contribution < 1.29 is 0 Å². The first-order chi connectivity index (χ1) is 6.61. The van der Waals surface area contributed by atoms with Gasteiger partial charge < -0.3 is 0 Å². The molecule has 1 rings (SSSR count). The second-order valence-electron chi connectivity index (χ2n) is 4.25. The third-order valence-electron chi connectivity index (χ3n) is 2.52. The molecule has 0 aliphatic rings. The minimum atomic E-state index is 0.648. The summed E-state index contributed by atoms with van der Waals surface area (Å²) in [5, 5.41) is 2.16. The molecule has 0 aromatic carbocycles. The fourth-order valence-electron chi connectivity index (χ4n) is 1.81. The molecule has 0 N–H and O–H groups in total. The lowest BCUT2D eigenvalue weighted by Crippen LogP contribution is -2.38. The van der Waals surface area contributed by atoms with Crippen LogP contribution in [-0.2, 0) is 6.42 Å². The predicted molar refractivity (Wildman–Crippen MR) is 65.0 cm³/mol. The van der Waals surface area contributed by atoms with Gasteiger partial charge >= 0.3 is 0 Å². The van der Waals surface area contributed by atoms with Crippen LogP contribution in [0.3, 0.4) is 0 Å². The maximum Gasteiger partial charge on any atom is 0.00579 e. The molecule has 0 spiro atoms. The zero-order chi connectivity index (χ0) is 10.6. The van der Waals surface area contributed by atoms with Crippen LogP contribution < -0.4 is 0 Å². The highest BCUT2D eigenvalue weighted by molar-refractivity contribution is 7.09. The van der Waals surface area contributed by atoms with E-state index in [1.165, 1.54) is 17.8 Å². The van der Waals surface area contributed by atoms with Crippen LogP contribution in [0.1, 0.15) is 32.6 Å². The summed E-state index contributed by atoms with van der Waals surface area (Å²) in [6.45, 7) is 10.3. The average molecular weight is 211 g/mol. The molecule has 0 atom stereocenters. The van der Waals surface area contributed by atoms with Crippen LogP contribution in [0.5, 0.6) is 0 Å². The first kappa shape index (κ1) is 11.7. The van der Waals surface area contributed by atoms with Crippen LogP contribution in [0.4, 0.5) is 0 Å². The Morgan fingerprint density at radius 2 is 1.86 bits per heavy atom. The molecule has 0 aliphatic heterocycles. The Hall–Kier alpha value is -0.340. The molecule has 80 valence electrons. The lowest BCUT2D eigenvalue weighted by atomic mass is 10.2. The molecule has 0 bridgehead atoms. The fraction of sp³-hybridized carbons (Fsp3) is 0.667. The molecule has 0 aliphatic carbocycles. The van der Waals surface area contributed by atoms with Crippen molar-refractivity contribution in [3.63, 3.8) is 0 Å². The molecule has 14 heavy (non-hydrogen) atoms. The van der Waals surface area contributed by atoms with E-state index in [1.807, 2.05) is 11.3 Å². The van der Waals surface area contributed by atoms with Gasteiger partial charge in [0, 0.05) is 23.5 Å². The number of hydrogen-bond acceptors (Lipinski definition) is 2. The van der Waals surface area contributed by atoms with E-state index in [4.69, 9.17) is 0 Å². The Morgan fingerprint density at radius 1 is 1.21 bits per heavy atom. The Morgan fingerprint density at radius 3 is 2.29 bits per heavy atom. The fourth-order valence-corrected chi connectivity index (χ4v) is 2.51. The van der Waals surface area contributed by atoms with Gasteiger partial charge in [-0.2, -0.15) is 0 Å². The second kappa shape index (κ2) is 5.52. The quantitative estimate of drug-likeness (QED) is 0.721. The molecule has 1 aromatic heterocycles. The molecule has 0 amide bonds. The Balaban J connectivity index is 2.41. The Bertz CT molecular complexity index is 231. The second-order valence-corrected chi connectivity index (χ2v) is 5.29. The summed E-state index contributed by atoms with van der Waals surface area (Å²) in [6.07, 6.45) is 1.19. The zero-order valence-electron chi connectivity index (χ0n) is 9.66. The molecular formula is C12H21NS. The molecule has 1 heterocycles. The van der Waals surface area contributed by atoms with Gasteiger partial charge in [-0.25, -0.2) is 0 Å². The molecule has 0 saturated heterocycles. The molecular weight excluding hydrogens is 190 g/mol. The highest BCUT2D eigenvalue weighted by Crippen LogP contribution is 2.12. The van der Waals surface area contributed by atoms with Crippen LogP contribution in [0, 0.1) is 0 Å². The smallest absolute Gasteiger partial charge is 0.00579 e. The third kappa shape index (κ3) is 3.43. The van der Waals surface area contributed by atoms with E-state index in [0.717, 1.165) is 0 Å². The van der Waals surface area contributed by atoms with Crippen molar-refractivity contribution in [2.45, 2.75) is 46.2 Å². The standard InChI is InChI=1S/C12H21NS/c1-10(2)13(11(3)4)8-7-12-6-5-9-14-12/h5-6,9-11H,7-8H2,1-4H3. The molecule has 1 nitrogen and oxygen atoms in total. The first-order valence-corrected chi connectivity index (χ1v) is 6.27. The summed E-state index contributed by atoms with van der Waals surface area (Å²) in [5.74, 6) is 0. The summed E-state index contributed by atoms with van der Waals surface area (Å²) >= 11 is 1.86. The van der Waals surface area contributed by atoms with E-state index < -0.39 is 0 Å². The number of nitrogens with zero attached hydrogens (tertiary/aromatic N) is 1. The van der Waals surface area contributed by atoms with E-state index in [-0.39, 0.29) is 0 Å². The van der Waals surface area contributed by atoms with Gasteiger partial charge in [0.25, 0.3) is 0 Å². The van der Waals surface area contributed by atoms with E-state index in [1.54, 1.807) is 0 Å². The summed E-state index contributed by atoms with van der Waals surface area (Å²) < 4.78 is 0. The van der Waals surface area contributed by atoms with Crippen LogP contribution in [0.25, 0.3) is 0 Å². The minimum absolute atomic E-state index is 0.648. The van der Waals surface area contributed by atoms with Crippen LogP contribution in [0.15, 0.2) is 17.5 Å². The summed E-state index contributed by atoms with van der Waals surface area (Å²) in [7, 11) is 0. The van der Waals surface area contributed by atoms with Crippen molar-refractivity contribution in [3.8, 4) is 0 Å². The van der Waals surface area contributed by atoms with Crippen molar-refractivity contribution in [1.29, 1.82) is 0 Å². The monoisotopic (exact) mass is 211 g/mol. The molecule has 0 fully saturated rings. The van der Waals surface area contributed by atoms with Gasteiger partial charge in [-0.15, -0.1) is 11.3 Å². The minimum Gasteiger partial charge on any atom is -0.298 e. The number of rotatable bonds is 5. The first-order valence-electron chi connectivity index (χ1n) is 5.39. The molecule has 0 saturated carbocycles. The molecule has 2 heteroatoms. The van der Waals surface area contributed by atoms with E-state index in [2.05, 4.69) is 50.1 Å². The molecule has 1 aromatic rings. The van der Waals surface area contributed by atoms with Gasteiger partial charge in [-0.05, 0) is 45.6 Å². The number of hydrogen-bond donors (Lipinski definition) is 0. The average Bonchev–Trinajstić information content (AvgIpc) is 2.55. The van der Waals surface area contributed by atoms with Gasteiger partial charge in [-0.3, -0.25) is 4.90 Å². The van der Waals surface area contributed by atoms with E-state index in [0.29, 0.717) is 12.1 Å². The Labute approximate surface area is 91.8 Å². The van der Waals surface area contributed by atoms with E-state index >= 15 is 0 Å². The van der Waals surface area contributed by atoms with Gasteiger partial charge in [0.05, 0.1) is 0 Å². The van der Waals surface area contributed by atoms with Crippen molar-refractivity contribution in [1.82, 2.24) is 4.90 Å². The SMILES string of the molecule is CC(C)N(CCc1cccs1)C(C)C. The van der Waals surface area contributed by atoms with Crippen LogP contribution in [-0.4, -0.2) is 23.5 Å². The van der Waals surface area contributed by atoms with Crippen molar-refractivity contribution in [2.24, 2.45) is 0 Å². The largest absolute Gasteiger partial charge is 0.298 e. The highest BCUT2D eigenvalue weighted by atomic mass is 32.1. The van der Waals surface area contributed by atoms with Gasteiger partial charge in [0.1, 0.15) is 0 Å². The predicted octanol–water partition coefficient (Wildman–Crippen LogP) is 3.41. The van der Waals surface area contributed by atoms with Gasteiger partial charge in [0.15, 0.2) is 0 Å². The lowest BCUT2D eigenvalue weighted by Gasteiger charge is -2.30. The summed E-state index contributed by atoms with van der Waals surface area (Å²) in [6, 6.07) is 5.66. The van der Waals surface area contributed by atoms with Crippen LogP contribution >= 0.6 is 11.3 Å². The highest BCUT2D eigenvalue weighted by Gasteiger charge is 2.12. The lowest BCUT2D eigenvalue weighted by molar-refractivity contribution is 0.178. The number of thiophene rings is 1. The van der Waals surface area contributed by atoms with Crippen molar-refractivity contribution >= 4 is 11.3 Å². The summed E-state index contributed by atoms with van der Waals surface area (Å²) in [4.78, 5) is 4.04. The van der Waals surface area contributed by atoms with Crippen molar-refractivity contribution in [2.75, 3.05) is 6.54 Å². The third-order valence-corrected chi connectivity index (χ3v) is 3.46. The Kier molecular flexibility index (Phi) is 4.63. The van der Waals surface area contributed by atoms with E-state index in [9.17, 15) is 0 Å². The zero-order valence-corrected chi connectivity index (χ0v) is 10.5. The van der Waals surface area contributed by atoms with Gasteiger partial charge in [0.2, 0.25) is 0 Å². The topological polar surface area (TPSA) is 3.24 Å². The molecule has 0 unspecified atom stereocenters. The maximum absolute atomic E-state index is 2.54.